The molecule has 1 aliphatic heterocycles. The van der Waals surface area contributed by atoms with Crippen LogP contribution in [0.4, 0.5) is 0 Å². The van der Waals surface area contributed by atoms with Crippen molar-refractivity contribution in [1.29, 1.82) is 0 Å². The average molecular weight is 287 g/mol. The Morgan fingerprint density at radius 1 is 1.32 bits per heavy atom. The molecule has 0 spiro atoms. The Morgan fingerprint density at radius 2 is 1.89 bits per heavy atom. The minimum absolute atomic E-state index is 0.149. The van der Waals surface area contributed by atoms with Crippen LogP contribution in [-0.4, -0.2) is 46.7 Å². The summed E-state index contributed by atoms with van der Waals surface area (Å²) < 4.78 is 27.7. The van der Waals surface area contributed by atoms with Crippen LogP contribution in [0, 0.1) is 13.8 Å². The van der Waals surface area contributed by atoms with Gasteiger partial charge in [-0.2, -0.15) is 9.40 Å². The summed E-state index contributed by atoms with van der Waals surface area (Å²) in [6.07, 6.45) is 1.72. The first-order valence-electron chi connectivity index (χ1n) is 6.10. The first kappa shape index (κ1) is 14.0. The molecule has 8 heteroatoms. The molecular formula is C11H17N3O4S. The molecule has 0 bridgehead atoms. The molecule has 19 heavy (non-hydrogen) atoms. The van der Waals surface area contributed by atoms with Crippen LogP contribution >= 0.6 is 0 Å². The summed E-state index contributed by atoms with van der Waals surface area (Å²) in [4.78, 5) is 10.9. The predicted octanol–water partition coefficient (Wildman–Crippen LogP) is 0.369. The molecule has 1 aliphatic rings. The molecule has 0 aliphatic carbocycles. The maximum atomic E-state index is 12.5. The van der Waals surface area contributed by atoms with Gasteiger partial charge >= 0.3 is 5.97 Å². The normalized spacial score (nSPS) is 16.9. The van der Waals surface area contributed by atoms with Crippen molar-refractivity contribution < 1.29 is 18.3 Å². The summed E-state index contributed by atoms with van der Waals surface area (Å²) in [5.41, 5.74) is 0.734. The minimum Gasteiger partial charge on any atom is -0.480 e. The van der Waals surface area contributed by atoms with Gasteiger partial charge in [-0.1, -0.05) is 0 Å². The van der Waals surface area contributed by atoms with E-state index >= 15 is 0 Å². The number of carboxylic acid groups (broad SMARTS) is 1. The zero-order valence-electron chi connectivity index (χ0n) is 11.0. The van der Waals surface area contributed by atoms with Crippen LogP contribution in [0.5, 0.6) is 0 Å². The molecule has 106 valence electrons. The second-order valence-electron chi connectivity index (χ2n) is 4.66. The molecule has 1 saturated heterocycles. The molecular weight excluding hydrogens is 270 g/mol. The molecule has 1 fully saturated rings. The zero-order chi connectivity index (χ0) is 14.2. The van der Waals surface area contributed by atoms with Gasteiger partial charge in [0.2, 0.25) is 10.0 Å². The van der Waals surface area contributed by atoms with Gasteiger partial charge in [0.1, 0.15) is 11.4 Å². The number of hydrogen-bond donors (Lipinski definition) is 1. The molecule has 0 atom stereocenters. The number of aliphatic carboxylic acids is 1. The van der Waals surface area contributed by atoms with Gasteiger partial charge in [0, 0.05) is 13.1 Å². The highest BCUT2D eigenvalue weighted by Crippen LogP contribution is 2.26. The predicted molar refractivity (Wildman–Crippen MR) is 67.3 cm³/mol. The topological polar surface area (TPSA) is 92.5 Å². The molecule has 1 aromatic heterocycles. The monoisotopic (exact) mass is 287 g/mol. The van der Waals surface area contributed by atoms with Gasteiger partial charge in [0.15, 0.2) is 0 Å². The van der Waals surface area contributed by atoms with Crippen LogP contribution in [0.2, 0.25) is 0 Å². The molecule has 1 N–H and O–H groups in total. The summed E-state index contributed by atoms with van der Waals surface area (Å²) in [5, 5.41) is 12.8. The van der Waals surface area contributed by atoms with Crippen molar-refractivity contribution in [3.05, 3.63) is 11.4 Å². The smallest absolute Gasteiger partial charge is 0.325 e. The number of carboxylic acids is 1. The number of carbonyl (C=O) groups is 1. The van der Waals surface area contributed by atoms with Gasteiger partial charge in [-0.25, -0.2) is 8.42 Å². The van der Waals surface area contributed by atoms with E-state index in [-0.39, 0.29) is 11.4 Å². The van der Waals surface area contributed by atoms with E-state index < -0.39 is 16.0 Å². The Balaban J connectivity index is 2.44. The Kier molecular flexibility index (Phi) is 3.64. The standard InChI is InChI=1S/C11H17N3O4S/c1-8-11(9(2)14(12-8)7-10(15)16)19(17,18)13-5-3-4-6-13/h3-7H2,1-2H3,(H,15,16). The third-order valence-electron chi connectivity index (χ3n) is 3.26. The van der Waals surface area contributed by atoms with Crippen LogP contribution in [0.15, 0.2) is 4.90 Å². The Bertz CT molecular complexity index is 600. The fourth-order valence-electron chi connectivity index (χ4n) is 2.39. The summed E-state index contributed by atoms with van der Waals surface area (Å²) in [5.74, 6) is -1.05. The van der Waals surface area contributed by atoms with Gasteiger partial charge in [0.25, 0.3) is 0 Å². The summed E-state index contributed by atoms with van der Waals surface area (Å²) in [7, 11) is -3.56. The van der Waals surface area contributed by atoms with Crippen molar-refractivity contribution in [1.82, 2.24) is 14.1 Å². The summed E-state index contributed by atoms with van der Waals surface area (Å²) in [6, 6.07) is 0. The second-order valence-corrected chi connectivity index (χ2v) is 6.54. The molecule has 0 radical (unpaired) electrons. The van der Waals surface area contributed by atoms with Crippen molar-refractivity contribution in [2.24, 2.45) is 0 Å². The zero-order valence-corrected chi connectivity index (χ0v) is 11.8. The lowest BCUT2D eigenvalue weighted by molar-refractivity contribution is -0.137. The molecule has 7 nitrogen and oxygen atoms in total. The number of aryl methyl sites for hydroxylation is 1. The number of nitrogens with zero attached hydrogens (tertiary/aromatic N) is 3. The Morgan fingerprint density at radius 3 is 2.42 bits per heavy atom. The Labute approximate surface area is 111 Å². The lowest BCUT2D eigenvalue weighted by Crippen LogP contribution is -2.28. The van der Waals surface area contributed by atoms with Crippen molar-refractivity contribution >= 4 is 16.0 Å². The van der Waals surface area contributed by atoms with Gasteiger partial charge in [-0.05, 0) is 26.7 Å². The largest absolute Gasteiger partial charge is 0.480 e. The maximum Gasteiger partial charge on any atom is 0.325 e. The maximum absolute atomic E-state index is 12.5. The minimum atomic E-state index is -3.56. The highest BCUT2D eigenvalue weighted by molar-refractivity contribution is 7.89. The van der Waals surface area contributed by atoms with Crippen LogP contribution in [0.3, 0.4) is 0 Å². The second kappa shape index (κ2) is 4.93. The molecule has 2 rings (SSSR count). The van der Waals surface area contributed by atoms with Crippen LogP contribution in [0.1, 0.15) is 24.2 Å². The lowest BCUT2D eigenvalue weighted by Gasteiger charge is -2.15. The van der Waals surface area contributed by atoms with E-state index in [1.54, 1.807) is 13.8 Å². The van der Waals surface area contributed by atoms with Crippen molar-refractivity contribution in [2.45, 2.75) is 38.1 Å². The van der Waals surface area contributed by atoms with Crippen LogP contribution in [0.25, 0.3) is 0 Å². The van der Waals surface area contributed by atoms with Crippen molar-refractivity contribution in [3.8, 4) is 0 Å². The average Bonchev–Trinajstić information content (AvgIpc) is 2.88. The third-order valence-corrected chi connectivity index (χ3v) is 5.41. The molecule has 0 amide bonds. The van der Waals surface area contributed by atoms with Gasteiger partial charge in [-0.15, -0.1) is 0 Å². The SMILES string of the molecule is Cc1nn(CC(=O)O)c(C)c1S(=O)(=O)N1CCCC1. The fraction of sp³-hybridized carbons (Fsp3) is 0.636. The number of hydrogen-bond acceptors (Lipinski definition) is 4. The molecule has 0 saturated carbocycles. The van der Waals surface area contributed by atoms with Gasteiger partial charge in [-0.3, -0.25) is 9.48 Å². The highest BCUT2D eigenvalue weighted by atomic mass is 32.2. The van der Waals surface area contributed by atoms with E-state index in [1.807, 2.05) is 0 Å². The van der Waals surface area contributed by atoms with Gasteiger partial charge in [0.05, 0.1) is 11.4 Å². The number of aromatic nitrogens is 2. The van der Waals surface area contributed by atoms with Crippen LogP contribution in [-0.2, 0) is 21.4 Å². The highest BCUT2D eigenvalue weighted by Gasteiger charge is 2.32. The Hall–Kier alpha value is -1.41. The van der Waals surface area contributed by atoms with Crippen LogP contribution < -0.4 is 0 Å². The van der Waals surface area contributed by atoms with E-state index in [2.05, 4.69) is 5.10 Å². The number of sulfonamides is 1. The molecule has 0 aromatic carbocycles. The van der Waals surface area contributed by atoms with E-state index in [9.17, 15) is 13.2 Å². The summed E-state index contributed by atoms with van der Waals surface area (Å²) >= 11 is 0. The fourth-order valence-corrected chi connectivity index (χ4v) is 4.28. The molecule has 2 heterocycles. The molecule has 1 aromatic rings. The lowest BCUT2D eigenvalue weighted by atomic mass is 10.4. The quantitative estimate of drug-likeness (QED) is 0.863. The van der Waals surface area contributed by atoms with E-state index in [1.165, 1.54) is 8.99 Å². The first-order chi connectivity index (χ1) is 8.84. The third kappa shape index (κ3) is 2.50. The van der Waals surface area contributed by atoms with E-state index in [4.69, 9.17) is 5.11 Å². The first-order valence-corrected chi connectivity index (χ1v) is 7.54. The molecule has 0 unspecified atom stereocenters. The summed E-state index contributed by atoms with van der Waals surface area (Å²) in [6.45, 7) is 3.89. The van der Waals surface area contributed by atoms with Crippen molar-refractivity contribution in [3.63, 3.8) is 0 Å². The van der Waals surface area contributed by atoms with Crippen molar-refractivity contribution in [2.75, 3.05) is 13.1 Å². The number of rotatable bonds is 4. The van der Waals surface area contributed by atoms with E-state index in [0.29, 0.717) is 24.5 Å². The van der Waals surface area contributed by atoms with Gasteiger partial charge < -0.3 is 5.11 Å². The van der Waals surface area contributed by atoms with E-state index in [0.717, 1.165) is 12.8 Å².